The van der Waals surface area contributed by atoms with Gasteiger partial charge >= 0.3 is 5.97 Å². The van der Waals surface area contributed by atoms with Crippen LogP contribution in [-0.4, -0.2) is 49.9 Å². The van der Waals surface area contributed by atoms with Crippen LogP contribution < -0.4 is 4.72 Å². The molecular formula is C14H20N2O6S. The average Bonchev–Trinajstić information content (AvgIpc) is 2.89. The van der Waals surface area contributed by atoms with Crippen LogP contribution in [0.3, 0.4) is 0 Å². The largest absolute Gasteiger partial charge is 0.481 e. The number of carbonyl (C=O) groups excluding carboxylic acids is 1. The van der Waals surface area contributed by atoms with E-state index in [2.05, 4.69) is 4.72 Å². The van der Waals surface area contributed by atoms with E-state index in [0.29, 0.717) is 12.8 Å². The van der Waals surface area contributed by atoms with Crippen LogP contribution in [0.2, 0.25) is 0 Å². The molecule has 1 fully saturated rings. The van der Waals surface area contributed by atoms with E-state index < -0.39 is 27.8 Å². The van der Waals surface area contributed by atoms with Crippen molar-refractivity contribution in [1.82, 2.24) is 9.62 Å². The van der Waals surface area contributed by atoms with Crippen molar-refractivity contribution in [3.05, 3.63) is 17.4 Å². The van der Waals surface area contributed by atoms with E-state index in [9.17, 15) is 18.0 Å². The normalized spacial score (nSPS) is 22.1. The topological polar surface area (TPSA) is 117 Å². The van der Waals surface area contributed by atoms with E-state index in [-0.39, 0.29) is 29.0 Å². The molecule has 1 saturated heterocycles. The van der Waals surface area contributed by atoms with E-state index in [1.165, 1.54) is 24.9 Å². The lowest BCUT2D eigenvalue weighted by Crippen LogP contribution is -2.47. The molecule has 1 aromatic heterocycles. The molecule has 0 spiro atoms. The third-order valence-electron chi connectivity index (χ3n) is 4.15. The highest BCUT2D eigenvalue weighted by Crippen LogP contribution is 2.27. The first-order valence-electron chi connectivity index (χ1n) is 7.25. The molecule has 0 aliphatic carbocycles. The molecule has 0 saturated carbocycles. The van der Waals surface area contributed by atoms with Crippen molar-refractivity contribution in [2.45, 2.75) is 37.8 Å². The Labute approximate surface area is 134 Å². The number of nitrogens with one attached hydrogen (secondary N) is 1. The number of rotatable bonds is 4. The second-order valence-corrected chi connectivity index (χ2v) is 7.48. The van der Waals surface area contributed by atoms with Crippen molar-refractivity contribution >= 4 is 21.9 Å². The monoisotopic (exact) mass is 344 g/mol. The third kappa shape index (κ3) is 3.40. The van der Waals surface area contributed by atoms with Gasteiger partial charge < -0.3 is 14.4 Å². The van der Waals surface area contributed by atoms with Gasteiger partial charge in [0.15, 0.2) is 0 Å². The summed E-state index contributed by atoms with van der Waals surface area (Å²) in [5, 5.41) is 8.81. The van der Waals surface area contributed by atoms with Crippen LogP contribution in [0.15, 0.2) is 15.6 Å². The molecule has 2 unspecified atom stereocenters. The molecule has 2 N–H and O–H groups in total. The molecule has 8 nitrogen and oxygen atoms in total. The van der Waals surface area contributed by atoms with Crippen molar-refractivity contribution in [2.75, 3.05) is 13.6 Å². The van der Waals surface area contributed by atoms with Gasteiger partial charge in [-0.15, -0.1) is 0 Å². The molecule has 2 heterocycles. The summed E-state index contributed by atoms with van der Waals surface area (Å²) in [6.07, 6.45) is 1.10. The van der Waals surface area contributed by atoms with Crippen molar-refractivity contribution in [1.29, 1.82) is 0 Å². The van der Waals surface area contributed by atoms with Gasteiger partial charge in [0, 0.05) is 18.7 Å². The zero-order valence-corrected chi connectivity index (χ0v) is 14.0. The summed E-state index contributed by atoms with van der Waals surface area (Å²) in [5.74, 6) is -1.77. The van der Waals surface area contributed by atoms with Gasteiger partial charge in [-0.05, 0) is 33.7 Å². The van der Waals surface area contributed by atoms with Crippen molar-refractivity contribution in [3.63, 3.8) is 0 Å². The number of furan rings is 1. The lowest BCUT2D eigenvalue weighted by atomic mass is 9.93. The number of nitrogens with zero attached hydrogens (tertiary/aromatic N) is 1. The van der Waals surface area contributed by atoms with Crippen LogP contribution in [-0.2, 0) is 14.8 Å². The van der Waals surface area contributed by atoms with E-state index in [1.54, 1.807) is 0 Å². The molecule has 2 rings (SSSR count). The predicted octanol–water partition coefficient (Wildman–Crippen LogP) is 0.821. The highest BCUT2D eigenvalue weighted by molar-refractivity contribution is 7.89. The maximum absolute atomic E-state index is 12.7. The minimum atomic E-state index is -3.78. The summed E-state index contributed by atoms with van der Waals surface area (Å²) in [6.45, 7) is 3.45. The first-order valence-corrected chi connectivity index (χ1v) is 8.73. The Morgan fingerprint density at radius 3 is 2.61 bits per heavy atom. The number of carbonyl (C=O) groups is 2. The van der Waals surface area contributed by atoms with Crippen LogP contribution in [0.25, 0.3) is 0 Å². The number of aryl methyl sites for hydroxylation is 1. The fourth-order valence-corrected chi connectivity index (χ4v) is 3.36. The number of hydrogen-bond acceptors (Lipinski definition) is 5. The smallest absolute Gasteiger partial charge is 0.308 e. The van der Waals surface area contributed by atoms with Crippen molar-refractivity contribution in [3.8, 4) is 0 Å². The third-order valence-corrected chi connectivity index (χ3v) is 5.42. The summed E-state index contributed by atoms with van der Waals surface area (Å²) in [7, 11) is -2.53. The van der Waals surface area contributed by atoms with Gasteiger partial charge in [-0.3, -0.25) is 9.59 Å². The van der Waals surface area contributed by atoms with Gasteiger partial charge in [-0.25, -0.2) is 13.1 Å². The molecule has 0 bridgehead atoms. The predicted molar refractivity (Wildman–Crippen MR) is 80.5 cm³/mol. The zero-order chi connectivity index (χ0) is 17.4. The summed E-state index contributed by atoms with van der Waals surface area (Å²) in [4.78, 5) is 25.3. The van der Waals surface area contributed by atoms with Gasteiger partial charge in [0.2, 0.25) is 5.09 Å². The standard InChI is InChI=1S/C14H20N2O6S/c1-8-4-5-10(14(18)19)7-16(8)13(17)11-6-12(22-9(11)2)23(20,21)15-3/h6,8,10,15H,4-5,7H2,1-3H3,(H,18,19). The van der Waals surface area contributed by atoms with Gasteiger partial charge in [0.25, 0.3) is 15.9 Å². The average molecular weight is 344 g/mol. The molecule has 1 aliphatic heterocycles. The first kappa shape index (κ1) is 17.5. The number of carboxylic acid groups (broad SMARTS) is 1. The van der Waals surface area contributed by atoms with E-state index in [4.69, 9.17) is 9.52 Å². The zero-order valence-electron chi connectivity index (χ0n) is 13.2. The molecule has 23 heavy (non-hydrogen) atoms. The molecule has 0 radical (unpaired) electrons. The molecule has 1 amide bonds. The quantitative estimate of drug-likeness (QED) is 0.835. The van der Waals surface area contributed by atoms with Crippen molar-refractivity contribution in [2.24, 2.45) is 5.92 Å². The number of sulfonamides is 1. The Kier molecular flexibility index (Phi) is 4.81. The Bertz CT molecular complexity index is 724. The number of amides is 1. The van der Waals surface area contributed by atoms with Crippen LogP contribution in [0, 0.1) is 12.8 Å². The summed E-state index contributed by atoms with van der Waals surface area (Å²) in [6, 6.07) is 1.07. The number of aliphatic carboxylic acids is 1. The summed E-state index contributed by atoms with van der Waals surface area (Å²) in [5.41, 5.74) is 0.136. The first-order chi connectivity index (χ1) is 10.7. The Morgan fingerprint density at radius 2 is 2.04 bits per heavy atom. The summed E-state index contributed by atoms with van der Waals surface area (Å²) >= 11 is 0. The van der Waals surface area contributed by atoms with E-state index in [1.807, 2.05) is 6.92 Å². The van der Waals surface area contributed by atoms with E-state index in [0.717, 1.165) is 0 Å². The van der Waals surface area contributed by atoms with Crippen molar-refractivity contribution < 1.29 is 27.5 Å². The SMILES string of the molecule is CNS(=O)(=O)c1cc(C(=O)N2CC(C(=O)O)CCC2C)c(C)o1. The highest BCUT2D eigenvalue weighted by atomic mass is 32.2. The Morgan fingerprint density at radius 1 is 1.39 bits per heavy atom. The molecule has 128 valence electrons. The minimum absolute atomic E-state index is 0.105. The van der Waals surface area contributed by atoms with Crippen LogP contribution in [0.5, 0.6) is 0 Å². The van der Waals surface area contributed by atoms with Crippen LogP contribution >= 0.6 is 0 Å². The molecule has 1 aromatic rings. The molecule has 0 aromatic carbocycles. The molecule has 1 aliphatic rings. The van der Waals surface area contributed by atoms with E-state index >= 15 is 0 Å². The number of hydrogen-bond donors (Lipinski definition) is 2. The highest BCUT2D eigenvalue weighted by Gasteiger charge is 2.34. The number of piperidine rings is 1. The van der Waals surface area contributed by atoms with Gasteiger partial charge in [-0.1, -0.05) is 0 Å². The van der Waals surface area contributed by atoms with Gasteiger partial charge in [-0.2, -0.15) is 0 Å². The lowest BCUT2D eigenvalue weighted by molar-refractivity contribution is -0.143. The van der Waals surface area contributed by atoms with Gasteiger partial charge in [0.1, 0.15) is 5.76 Å². The number of likely N-dealkylation sites (tertiary alicyclic amines) is 1. The van der Waals surface area contributed by atoms with Crippen LogP contribution in [0.1, 0.15) is 35.9 Å². The maximum Gasteiger partial charge on any atom is 0.308 e. The minimum Gasteiger partial charge on any atom is -0.481 e. The Balaban J connectivity index is 2.31. The molecular weight excluding hydrogens is 324 g/mol. The lowest BCUT2D eigenvalue weighted by Gasteiger charge is -2.36. The second-order valence-electron chi connectivity index (χ2n) is 5.66. The number of carboxylic acids is 1. The summed E-state index contributed by atoms with van der Waals surface area (Å²) < 4.78 is 30.8. The second kappa shape index (κ2) is 6.32. The van der Waals surface area contributed by atoms with Crippen LogP contribution in [0.4, 0.5) is 0 Å². The molecule has 9 heteroatoms. The van der Waals surface area contributed by atoms with Gasteiger partial charge in [0.05, 0.1) is 11.5 Å². The fraction of sp³-hybridized carbons (Fsp3) is 0.571. The maximum atomic E-state index is 12.7. The fourth-order valence-electron chi connectivity index (χ4n) is 2.65. The molecule has 2 atom stereocenters. The Hall–Kier alpha value is -1.87.